The van der Waals surface area contributed by atoms with Crippen LogP contribution in [0.15, 0.2) is 12.2 Å². The maximum Gasteiger partial charge on any atom is 0.330 e. The van der Waals surface area contributed by atoms with E-state index in [1.54, 1.807) is 6.08 Å². The monoisotopic (exact) mass is 296 g/mol. The fraction of sp³-hybridized carbons (Fsp3) is 0.765. The van der Waals surface area contributed by atoms with Gasteiger partial charge in [0.25, 0.3) is 0 Å². The number of allylic oxidation sites excluding steroid dienone is 1. The van der Waals surface area contributed by atoms with Crippen LogP contribution in [0.4, 0.5) is 0 Å². The van der Waals surface area contributed by atoms with Gasteiger partial charge in [0.15, 0.2) is 0 Å². The fourth-order valence-electron chi connectivity index (χ4n) is 2.40. The lowest BCUT2D eigenvalue weighted by Crippen LogP contribution is -2.26. The van der Waals surface area contributed by atoms with E-state index in [2.05, 4.69) is 0 Å². The van der Waals surface area contributed by atoms with Crippen molar-refractivity contribution in [1.29, 1.82) is 0 Å². The minimum absolute atomic E-state index is 0.0334. The van der Waals surface area contributed by atoms with Crippen LogP contribution in [-0.4, -0.2) is 24.1 Å². The van der Waals surface area contributed by atoms with Gasteiger partial charge in [-0.3, -0.25) is 4.79 Å². The zero-order valence-corrected chi connectivity index (χ0v) is 14.1. The van der Waals surface area contributed by atoms with Crippen molar-refractivity contribution in [2.45, 2.75) is 60.0 Å². The van der Waals surface area contributed by atoms with Crippen LogP contribution in [0, 0.1) is 17.3 Å². The van der Waals surface area contributed by atoms with Crippen molar-refractivity contribution < 1.29 is 19.1 Å². The second-order valence-corrected chi connectivity index (χ2v) is 7.24. The summed E-state index contributed by atoms with van der Waals surface area (Å²) >= 11 is 0. The summed E-state index contributed by atoms with van der Waals surface area (Å²) in [7, 11) is 0. The van der Waals surface area contributed by atoms with Crippen molar-refractivity contribution in [1.82, 2.24) is 0 Å². The molecule has 0 aromatic rings. The normalized spacial score (nSPS) is 23.9. The van der Waals surface area contributed by atoms with Crippen molar-refractivity contribution in [2.75, 3.05) is 6.61 Å². The lowest BCUT2D eigenvalue weighted by Gasteiger charge is -2.19. The maximum atomic E-state index is 12.1. The van der Waals surface area contributed by atoms with Crippen molar-refractivity contribution in [3.05, 3.63) is 12.2 Å². The van der Waals surface area contributed by atoms with Gasteiger partial charge in [0.1, 0.15) is 5.60 Å². The zero-order valence-electron chi connectivity index (χ0n) is 14.1. The van der Waals surface area contributed by atoms with E-state index >= 15 is 0 Å². The molecule has 0 amide bonds. The minimum atomic E-state index is -0.483. The predicted molar refractivity (Wildman–Crippen MR) is 81.6 cm³/mol. The van der Waals surface area contributed by atoms with E-state index < -0.39 is 5.60 Å². The molecular weight excluding hydrogens is 268 g/mol. The van der Waals surface area contributed by atoms with Gasteiger partial charge in [0, 0.05) is 6.08 Å². The second kappa shape index (κ2) is 6.63. The molecule has 21 heavy (non-hydrogen) atoms. The van der Waals surface area contributed by atoms with Crippen LogP contribution >= 0.6 is 0 Å². The van der Waals surface area contributed by atoms with Crippen LogP contribution in [0.25, 0.3) is 0 Å². The van der Waals surface area contributed by atoms with Crippen LogP contribution in [0.3, 0.4) is 0 Å². The molecule has 120 valence electrons. The van der Waals surface area contributed by atoms with Gasteiger partial charge < -0.3 is 9.47 Å². The molecule has 2 atom stereocenters. The summed E-state index contributed by atoms with van der Waals surface area (Å²) in [6, 6.07) is 0. The number of hydrogen-bond donors (Lipinski definition) is 0. The molecule has 4 heteroatoms. The van der Waals surface area contributed by atoms with Gasteiger partial charge in [-0.1, -0.05) is 33.3 Å². The number of hydrogen-bond acceptors (Lipinski definition) is 4. The Labute approximate surface area is 127 Å². The van der Waals surface area contributed by atoms with Crippen molar-refractivity contribution in [3.63, 3.8) is 0 Å². The third-order valence-corrected chi connectivity index (χ3v) is 3.75. The van der Waals surface area contributed by atoms with Crippen LogP contribution in [0.5, 0.6) is 0 Å². The number of carbonyl (C=O) groups excluding carboxylic acids is 2. The molecule has 0 N–H and O–H groups in total. The molecule has 0 heterocycles. The molecule has 0 bridgehead atoms. The average molecular weight is 296 g/mol. The van der Waals surface area contributed by atoms with E-state index in [4.69, 9.17) is 9.47 Å². The summed E-state index contributed by atoms with van der Waals surface area (Å²) in [6.45, 7) is 12.1. The summed E-state index contributed by atoms with van der Waals surface area (Å²) in [6.07, 6.45) is 5.08. The molecule has 0 spiro atoms. The Kier molecular flexibility index (Phi) is 5.60. The quantitative estimate of drug-likeness (QED) is 0.427. The van der Waals surface area contributed by atoms with E-state index in [9.17, 15) is 9.59 Å². The second-order valence-electron chi connectivity index (χ2n) is 7.24. The molecule has 1 aliphatic rings. The van der Waals surface area contributed by atoms with Gasteiger partial charge in [-0.15, -0.1) is 0 Å². The molecule has 2 unspecified atom stereocenters. The van der Waals surface area contributed by atoms with E-state index in [0.717, 1.165) is 12.8 Å². The number of unbranched alkanes of at least 4 members (excludes halogenated alkanes) is 1. The number of carbonyl (C=O) groups is 2. The standard InChI is InChI=1S/C17H28O4/c1-7-8-11-20-13(18)10-9-12-14(17(12,5)6)15(19)21-16(2,3)4/h9-10,12,14H,7-8,11H2,1-6H3. The molecule has 1 saturated carbocycles. The van der Waals surface area contributed by atoms with Crippen molar-refractivity contribution in [3.8, 4) is 0 Å². The molecule has 0 saturated heterocycles. The summed E-state index contributed by atoms with van der Waals surface area (Å²) < 4.78 is 10.5. The van der Waals surface area contributed by atoms with Gasteiger partial charge in [-0.2, -0.15) is 0 Å². The number of esters is 2. The van der Waals surface area contributed by atoms with E-state index in [-0.39, 0.29) is 29.2 Å². The molecule has 1 aliphatic carbocycles. The lowest BCUT2D eigenvalue weighted by atomic mass is 10.1. The Morgan fingerprint density at radius 2 is 1.86 bits per heavy atom. The molecule has 1 fully saturated rings. The summed E-state index contributed by atoms with van der Waals surface area (Å²) in [4.78, 5) is 23.7. The summed E-state index contributed by atoms with van der Waals surface area (Å²) in [5, 5.41) is 0. The Morgan fingerprint density at radius 3 is 2.38 bits per heavy atom. The highest BCUT2D eigenvalue weighted by Gasteiger charge is 2.61. The lowest BCUT2D eigenvalue weighted by molar-refractivity contribution is -0.157. The first-order valence-corrected chi connectivity index (χ1v) is 7.67. The van der Waals surface area contributed by atoms with Gasteiger partial charge in [-0.05, 0) is 38.5 Å². The van der Waals surface area contributed by atoms with Gasteiger partial charge in [0.05, 0.1) is 12.5 Å². The SMILES string of the molecule is CCCCOC(=O)C=CC1C(C(=O)OC(C)(C)C)C1(C)C. The highest BCUT2D eigenvalue weighted by molar-refractivity contribution is 5.83. The predicted octanol–water partition coefficient (Wildman–Crippen LogP) is 3.50. The fourth-order valence-corrected chi connectivity index (χ4v) is 2.40. The van der Waals surface area contributed by atoms with E-state index in [1.807, 2.05) is 41.5 Å². The Bertz CT molecular complexity index is 415. The Balaban J connectivity index is 2.53. The van der Waals surface area contributed by atoms with Crippen molar-refractivity contribution >= 4 is 11.9 Å². The largest absolute Gasteiger partial charge is 0.463 e. The smallest absolute Gasteiger partial charge is 0.330 e. The van der Waals surface area contributed by atoms with E-state index in [0.29, 0.717) is 6.61 Å². The molecule has 0 aromatic heterocycles. The molecule has 0 aliphatic heterocycles. The van der Waals surface area contributed by atoms with Gasteiger partial charge in [-0.25, -0.2) is 4.79 Å². The first kappa shape index (κ1) is 17.7. The third-order valence-electron chi connectivity index (χ3n) is 3.75. The van der Waals surface area contributed by atoms with Crippen molar-refractivity contribution in [2.24, 2.45) is 17.3 Å². The van der Waals surface area contributed by atoms with Crippen LogP contribution in [0.2, 0.25) is 0 Å². The summed E-state index contributed by atoms with van der Waals surface area (Å²) in [5.74, 6) is -0.682. The topological polar surface area (TPSA) is 52.6 Å². The van der Waals surface area contributed by atoms with E-state index in [1.165, 1.54) is 6.08 Å². The highest BCUT2D eigenvalue weighted by Crippen LogP contribution is 2.59. The average Bonchev–Trinajstić information content (AvgIpc) is 2.86. The number of rotatable bonds is 6. The first-order chi connectivity index (χ1) is 9.59. The van der Waals surface area contributed by atoms with Gasteiger partial charge in [0.2, 0.25) is 0 Å². The minimum Gasteiger partial charge on any atom is -0.463 e. The molecule has 1 rings (SSSR count). The molecular formula is C17H28O4. The summed E-state index contributed by atoms with van der Waals surface area (Å²) in [5.41, 5.74) is -0.647. The highest BCUT2D eigenvalue weighted by atomic mass is 16.6. The molecule has 0 aromatic carbocycles. The molecule has 4 nitrogen and oxygen atoms in total. The van der Waals surface area contributed by atoms with Gasteiger partial charge >= 0.3 is 11.9 Å². The third kappa shape index (κ3) is 5.18. The van der Waals surface area contributed by atoms with Crippen LogP contribution in [0.1, 0.15) is 54.4 Å². The Morgan fingerprint density at radius 1 is 1.24 bits per heavy atom. The Hall–Kier alpha value is -1.32. The first-order valence-electron chi connectivity index (χ1n) is 7.67. The number of ether oxygens (including phenoxy) is 2. The van der Waals surface area contributed by atoms with Crippen LogP contribution < -0.4 is 0 Å². The zero-order chi connectivity index (χ0) is 16.3. The van der Waals surface area contributed by atoms with Crippen LogP contribution in [-0.2, 0) is 19.1 Å². The maximum absolute atomic E-state index is 12.1. The molecule has 0 radical (unpaired) electrons.